The van der Waals surface area contributed by atoms with Crippen LogP contribution in [0.15, 0.2) is 72.8 Å². The zero-order valence-electron chi connectivity index (χ0n) is 18.3. The van der Waals surface area contributed by atoms with E-state index in [9.17, 15) is 9.59 Å². The molecule has 0 spiro atoms. The number of imide groups is 1. The van der Waals surface area contributed by atoms with Crippen molar-refractivity contribution in [2.45, 2.75) is 32.1 Å². The van der Waals surface area contributed by atoms with Crippen LogP contribution in [0.4, 0.5) is 10.5 Å². The predicted octanol–water partition coefficient (Wildman–Crippen LogP) is 5.37. The van der Waals surface area contributed by atoms with E-state index in [1.54, 1.807) is 7.11 Å². The van der Waals surface area contributed by atoms with Crippen LogP contribution in [0.5, 0.6) is 5.75 Å². The predicted molar refractivity (Wildman–Crippen MR) is 127 cm³/mol. The standard InChI is InChI=1S/C27H28N2O3/c1-32-22-16-14-21(15-17-22)23-12-8-13-25-24(23)19-26(30)29(25)27(31)28-18-7-3-6-11-20-9-4-2-5-10-20/h2,4-5,8-10,12-17H,3,6-7,11,18-19H2,1H3,(H,28,31). The molecular formula is C27H28N2O3. The number of methoxy groups -OCH3 is 1. The number of anilines is 1. The maximum Gasteiger partial charge on any atom is 0.328 e. The van der Waals surface area contributed by atoms with Crippen molar-refractivity contribution in [3.8, 4) is 16.9 Å². The maximum absolute atomic E-state index is 12.8. The summed E-state index contributed by atoms with van der Waals surface area (Å²) in [5, 5.41) is 2.92. The van der Waals surface area contributed by atoms with Crippen LogP contribution in [0.2, 0.25) is 0 Å². The average molecular weight is 429 g/mol. The monoisotopic (exact) mass is 428 g/mol. The van der Waals surface area contributed by atoms with E-state index in [1.807, 2.05) is 48.5 Å². The lowest BCUT2D eigenvalue weighted by atomic mass is 9.98. The van der Waals surface area contributed by atoms with Crippen LogP contribution in [0.25, 0.3) is 11.1 Å². The molecule has 3 amide bonds. The summed E-state index contributed by atoms with van der Waals surface area (Å²) in [4.78, 5) is 26.8. The van der Waals surface area contributed by atoms with Crippen molar-refractivity contribution in [1.82, 2.24) is 5.32 Å². The molecule has 0 unspecified atom stereocenters. The van der Waals surface area contributed by atoms with E-state index in [0.717, 1.165) is 48.1 Å². The van der Waals surface area contributed by atoms with Crippen molar-refractivity contribution in [3.05, 3.63) is 83.9 Å². The van der Waals surface area contributed by atoms with E-state index in [2.05, 4.69) is 29.6 Å². The van der Waals surface area contributed by atoms with E-state index in [1.165, 1.54) is 10.5 Å². The molecule has 1 heterocycles. The Morgan fingerprint density at radius 3 is 2.47 bits per heavy atom. The molecule has 5 nitrogen and oxygen atoms in total. The van der Waals surface area contributed by atoms with E-state index in [4.69, 9.17) is 4.74 Å². The summed E-state index contributed by atoms with van der Waals surface area (Å²) < 4.78 is 5.23. The molecule has 0 saturated heterocycles. The highest BCUT2D eigenvalue weighted by Gasteiger charge is 2.33. The summed E-state index contributed by atoms with van der Waals surface area (Å²) in [5.74, 6) is 0.588. The summed E-state index contributed by atoms with van der Waals surface area (Å²) in [6.45, 7) is 0.560. The number of fused-ring (bicyclic) bond motifs is 1. The summed E-state index contributed by atoms with van der Waals surface area (Å²) in [6.07, 6.45) is 4.26. The number of ether oxygens (including phenoxy) is 1. The number of amides is 3. The summed E-state index contributed by atoms with van der Waals surface area (Å²) in [5.41, 5.74) is 4.86. The second-order valence-corrected chi connectivity index (χ2v) is 7.97. The normalized spacial score (nSPS) is 12.5. The van der Waals surface area contributed by atoms with Crippen molar-refractivity contribution in [3.63, 3.8) is 0 Å². The second kappa shape index (κ2) is 10.1. The molecule has 0 saturated carbocycles. The molecule has 0 aliphatic carbocycles. The Balaban J connectivity index is 1.35. The lowest BCUT2D eigenvalue weighted by Crippen LogP contribution is -2.42. The number of carbonyl (C=O) groups excluding carboxylic acids is 2. The molecule has 3 aromatic rings. The molecular weight excluding hydrogens is 400 g/mol. The van der Waals surface area contributed by atoms with Gasteiger partial charge in [0.05, 0.1) is 19.2 Å². The highest BCUT2D eigenvalue weighted by atomic mass is 16.5. The molecule has 1 N–H and O–H groups in total. The number of carbonyl (C=O) groups is 2. The van der Waals surface area contributed by atoms with Crippen LogP contribution in [-0.2, 0) is 17.6 Å². The first kappa shape index (κ1) is 21.6. The third-order valence-corrected chi connectivity index (χ3v) is 5.83. The number of hydrogen-bond donors (Lipinski definition) is 1. The SMILES string of the molecule is COc1ccc(-c2cccc3c2CC(=O)N3C(=O)NCCCCCc2ccccc2)cc1. The molecule has 0 aromatic heterocycles. The summed E-state index contributed by atoms with van der Waals surface area (Å²) in [7, 11) is 1.63. The Morgan fingerprint density at radius 1 is 0.938 bits per heavy atom. The largest absolute Gasteiger partial charge is 0.497 e. The molecule has 1 aliphatic rings. The van der Waals surface area contributed by atoms with Gasteiger partial charge in [0.1, 0.15) is 5.75 Å². The number of nitrogens with one attached hydrogen (secondary N) is 1. The van der Waals surface area contributed by atoms with Crippen molar-refractivity contribution in [2.75, 3.05) is 18.6 Å². The Morgan fingerprint density at radius 2 is 1.72 bits per heavy atom. The van der Waals surface area contributed by atoms with E-state index in [0.29, 0.717) is 12.2 Å². The molecule has 3 aromatic carbocycles. The summed E-state index contributed by atoms with van der Waals surface area (Å²) >= 11 is 0. The molecule has 0 atom stereocenters. The second-order valence-electron chi connectivity index (χ2n) is 7.97. The minimum Gasteiger partial charge on any atom is -0.497 e. The van der Waals surface area contributed by atoms with Gasteiger partial charge in [-0.3, -0.25) is 4.79 Å². The van der Waals surface area contributed by atoms with Gasteiger partial charge in [-0.15, -0.1) is 0 Å². The highest BCUT2D eigenvalue weighted by Crippen LogP contribution is 2.37. The molecule has 164 valence electrons. The van der Waals surface area contributed by atoms with Gasteiger partial charge in [0.15, 0.2) is 0 Å². The van der Waals surface area contributed by atoms with E-state index in [-0.39, 0.29) is 18.4 Å². The number of hydrogen-bond acceptors (Lipinski definition) is 3. The minimum absolute atomic E-state index is 0.192. The van der Waals surface area contributed by atoms with Gasteiger partial charge in [-0.05, 0) is 59.7 Å². The lowest BCUT2D eigenvalue weighted by molar-refractivity contribution is -0.116. The van der Waals surface area contributed by atoms with Crippen LogP contribution in [0, 0.1) is 0 Å². The first-order valence-electron chi connectivity index (χ1n) is 11.1. The van der Waals surface area contributed by atoms with E-state index >= 15 is 0 Å². The molecule has 32 heavy (non-hydrogen) atoms. The number of benzene rings is 3. The van der Waals surface area contributed by atoms with Crippen molar-refractivity contribution < 1.29 is 14.3 Å². The third kappa shape index (κ3) is 4.83. The minimum atomic E-state index is -0.344. The first-order valence-corrected chi connectivity index (χ1v) is 11.1. The van der Waals surface area contributed by atoms with Gasteiger partial charge in [-0.1, -0.05) is 61.0 Å². The number of unbranched alkanes of at least 4 members (excludes halogenated alkanes) is 2. The zero-order valence-corrected chi connectivity index (χ0v) is 18.3. The van der Waals surface area contributed by atoms with Crippen molar-refractivity contribution >= 4 is 17.6 Å². The number of rotatable bonds is 8. The first-order chi connectivity index (χ1) is 15.7. The zero-order chi connectivity index (χ0) is 22.3. The smallest absolute Gasteiger partial charge is 0.328 e. The maximum atomic E-state index is 12.8. The van der Waals surface area contributed by atoms with Crippen LogP contribution in [-0.4, -0.2) is 25.6 Å². The van der Waals surface area contributed by atoms with Crippen molar-refractivity contribution in [1.29, 1.82) is 0 Å². The van der Waals surface area contributed by atoms with Gasteiger partial charge in [0.25, 0.3) is 0 Å². The number of aryl methyl sites for hydroxylation is 1. The molecule has 1 aliphatic heterocycles. The van der Waals surface area contributed by atoms with Crippen molar-refractivity contribution in [2.24, 2.45) is 0 Å². The summed E-state index contributed by atoms with van der Waals surface area (Å²) in [6, 6.07) is 23.5. The average Bonchev–Trinajstić information content (AvgIpc) is 3.17. The van der Waals surface area contributed by atoms with Crippen LogP contribution in [0.1, 0.15) is 30.4 Å². The van der Waals surface area contributed by atoms with Crippen LogP contribution < -0.4 is 15.0 Å². The number of nitrogens with zero attached hydrogens (tertiary/aromatic N) is 1. The third-order valence-electron chi connectivity index (χ3n) is 5.83. The molecule has 0 fully saturated rings. The fraction of sp³-hybridized carbons (Fsp3) is 0.259. The van der Waals surface area contributed by atoms with Crippen LogP contribution in [0.3, 0.4) is 0 Å². The Hall–Kier alpha value is -3.60. The Labute approximate surface area is 189 Å². The van der Waals surface area contributed by atoms with Gasteiger partial charge in [0.2, 0.25) is 5.91 Å². The topological polar surface area (TPSA) is 58.6 Å². The van der Waals surface area contributed by atoms with Gasteiger partial charge >= 0.3 is 6.03 Å². The van der Waals surface area contributed by atoms with Gasteiger partial charge in [-0.2, -0.15) is 0 Å². The van der Waals surface area contributed by atoms with Gasteiger partial charge in [-0.25, -0.2) is 9.69 Å². The fourth-order valence-electron chi connectivity index (χ4n) is 4.15. The Kier molecular flexibility index (Phi) is 6.85. The molecule has 0 bridgehead atoms. The quantitative estimate of drug-likeness (QED) is 0.491. The molecule has 5 heteroatoms. The van der Waals surface area contributed by atoms with Crippen LogP contribution >= 0.6 is 0 Å². The van der Waals surface area contributed by atoms with E-state index < -0.39 is 0 Å². The van der Waals surface area contributed by atoms with Gasteiger partial charge < -0.3 is 10.1 Å². The lowest BCUT2D eigenvalue weighted by Gasteiger charge is -2.17. The Bertz CT molecular complexity index is 1080. The molecule has 0 radical (unpaired) electrons. The van der Waals surface area contributed by atoms with Gasteiger partial charge in [0, 0.05) is 6.54 Å². The fourth-order valence-corrected chi connectivity index (χ4v) is 4.15. The number of urea groups is 1. The molecule has 4 rings (SSSR count). The highest BCUT2D eigenvalue weighted by molar-refractivity contribution is 6.19.